The first kappa shape index (κ1) is 14.7. The molecule has 0 bridgehead atoms. The summed E-state index contributed by atoms with van der Waals surface area (Å²) in [5.74, 6) is -9.24. The van der Waals surface area contributed by atoms with Crippen LogP contribution in [-0.2, 0) is 0 Å². The number of benzene rings is 1. The molecular weight excluding hydrogens is 291 g/mol. The molecule has 1 saturated carbocycles. The normalized spacial score (nSPS) is 21.6. The first-order valence-electron chi connectivity index (χ1n) is 6.98. The minimum atomic E-state index is -2.09. The fraction of sp³-hybridized carbons (Fsp3) is 0.571. The molecule has 0 radical (unpaired) electrons. The monoisotopic (exact) mass is 306 g/mol. The van der Waals surface area contributed by atoms with Gasteiger partial charge in [0.15, 0.2) is 23.3 Å². The van der Waals surface area contributed by atoms with E-state index in [2.05, 4.69) is 5.32 Å². The molecule has 1 aliphatic carbocycles. The van der Waals surface area contributed by atoms with Gasteiger partial charge in [-0.2, -0.15) is 0 Å². The largest absolute Gasteiger partial charge is 0.314 e. The number of piperazine rings is 1. The Hall–Kier alpha value is -1.21. The van der Waals surface area contributed by atoms with Crippen molar-refractivity contribution in [1.82, 2.24) is 10.2 Å². The highest BCUT2D eigenvalue weighted by Crippen LogP contribution is 2.46. The first-order chi connectivity index (χ1) is 10.0. The van der Waals surface area contributed by atoms with Gasteiger partial charge in [0.25, 0.3) is 0 Å². The highest BCUT2D eigenvalue weighted by atomic mass is 19.2. The van der Waals surface area contributed by atoms with E-state index in [0.29, 0.717) is 26.2 Å². The summed E-state index contributed by atoms with van der Waals surface area (Å²) in [6.45, 7) is 2.33. The summed E-state index contributed by atoms with van der Waals surface area (Å²) >= 11 is 0. The number of hydrogen-bond donors (Lipinski definition) is 1. The molecule has 1 aromatic rings. The predicted octanol–water partition coefficient (Wildman–Crippen LogP) is 2.74. The molecule has 0 unspecified atom stereocenters. The van der Waals surface area contributed by atoms with Crippen molar-refractivity contribution in [2.24, 2.45) is 5.92 Å². The van der Waals surface area contributed by atoms with Gasteiger partial charge in [-0.05, 0) is 18.8 Å². The molecule has 116 valence electrons. The SMILES string of the molecule is Fc1c(F)c(F)c([C@@H](C2CC2)N2CCNCC2)c(F)c1F. The number of nitrogens with one attached hydrogen (secondary N) is 1. The van der Waals surface area contributed by atoms with Crippen LogP contribution in [0.3, 0.4) is 0 Å². The lowest BCUT2D eigenvalue weighted by atomic mass is 9.97. The molecular formula is C14H15F5N2. The Kier molecular flexibility index (Phi) is 3.88. The van der Waals surface area contributed by atoms with Gasteiger partial charge in [-0.3, -0.25) is 4.90 Å². The van der Waals surface area contributed by atoms with Crippen LogP contribution in [0.2, 0.25) is 0 Å². The molecule has 2 fully saturated rings. The minimum absolute atomic E-state index is 0.0450. The van der Waals surface area contributed by atoms with E-state index >= 15 is 0 Å². The lowest BCUT2D eigenvalue weighted by molar-refractivity contribution is 0.146. The van der Waals surface area contributed by atoms with Crippen molar-refractivity contribution in [1.29, 1.82) is 0 Å². The van der Waals surface area contributed by atoms with Crippen LogP contribution in [0.5, 0.6) is 0 Å². The standard InChI is InChI=1S/C14H15F5N2/c15-9-8(10(16)12(18)13(19)11(9)17)14(7-1-2-7)21-5-3-20-4-6-21/h7,14,20H,1-6H2/t14-/m1/s1. The fourth-order valence-corrected chi connectivity index (χ4v) is 2.97. The van der Waals surface area contributed by atoms with Crippen molar-refractivity contribution >= 4 is 0 Å². The molecule has 2 nitrogen and oxygen atoms in total. The van der Waals surface area contributed by atoms with Crippen molar-refractivity contribution in [3.8, 4) is 0 Å². The minimum Gasteiger partial charge on any atom is -0.314 e. The van der Waals surface area contributed by atoms with Crippen molar-refractivity contribution < 1.29 is 22.0 Å². The second-order valence-electron chi connectivity index (χ2n) is 5.55. The number of halogens is 5. The smallest absolute Gasteiger partial charge is 0.200 e. The van der Waals surface area contributed by atoms with E-state index in [1.807, 2.05) is 4.90 Å². The van der Waals surface area contributed by atoms with Gasteiger partial charge in [0.1, 0.15) is 0 Å². The van der Waals surface area contributed by atoms with Crippen LogP contribution in [0.4, 0.5) is 22.0 Å². The van der Waals surface area contributed by atoms with Gasteiger partial charge in [-0.1, -0.05) is 0 Å². The quantitative estimate of drug-likeness (QED) is 0.525. The molecule has 3 rings (SSSR count). The molecule has 2 aliphatic rings. The molecule has 1 heterocycles. The number of nitrogens with zero attached hydrogens (tertiary/aromatic N) is 1. The van der Waals surface area contributed by atoms with Gasteiger partial charge in [0, 0.05) is 37.8 Å². The van der Waals surface area contributed by atoms with Gasteiger partial charge < -0.3 is 5.32 Å². The lowest BCUT2D eigenvalue weighted by Crippen LogP contribution is -2.46. The molecule has 1 aromatic carbocycles. The maximum atomic E-state index is 14.0. The summed E-state index contributed by atoms with van der Waals surface area (Å²) in [6.07, 6.45) is 1.49. The topological polar surface area (TPSA) is 15.3 Å². The zero-order valence-electron chi connectivity index (χ0n) is 11.2. The second kappa shape index (κ2) is 5.53. The van der Waals surface area contributed by atoms with Crippen LogP contribution >= 0.6 is 0 Å². The molecule has 21 heavy (non-hydrogen) atoms. The van der Waals surface area contributed by atoms with Gasteiger partial charge in [0.05, 0.1) is 0 Å². The molecule has 0 aromatic heterocycles. The lowest BCUT2D eigenvalue weighted by Gasteiger charge is -2.35. The Bertz CT molecular complexity index is 524. The Balaban J connectivity index is 2.07. The number of hydrogen-bond acceptors (Lipinski definition) is 2. The van der Waals surface area contributed by atoms with E-state index in [1.54, 1.807) is 0 Å². The van der Waals surface area contributed by atoms with E-state index in [9.17, 15) is 22.0 Å². The Morgan fingerprint density at radius 1 is 0.810 bits per heavy atom. The van der Waals surface area contributed by atoms with Crippen LogP contribution in [0.1, 0.15) is 24.4 Å². The summed E-state index contributed by atoms with van der Waals surface area (Å²) < 4.78 is 68.1. The van der Waals surface area contributed by atoms with Crippen molar-refractivity contribution in [3.05, 3.63) is 34.6 Å². The van der Waals surface area contributed by atoms with E-state index in [-0.39, 0.29) is 5.92 Å². The summed E-state index contributed by atoms with van der Waals surface area (Å²) in [5.41, 5.74) is -0.671. The van der Waals surface area contributed by atoms with Crippen LogP contribution in [0.25, 0.3) is 0 Å². The van der Waals surface area contributed by atoms with Crippen LogP contribution in [-0.4, -0.2) is 31.1 Å². The highest BCUT2D eigenvalue weighted by molar-refractivity contribution is 5.29. The van der Waals surface area contributed by atoms with E-state index in [0.717, 1.165) is 12.8 Å². The average Bonchev–Trinajstić information content (AvgIpc) is 3.33. The summed E-state index contributed by atoms with van der Waals surface area (Å²) in [5, 5.41) is 3.10. The average molecular weight is 306 g/mol. The van der Waals surface area contributed by atoms with Crippen molar-refractivity contribution in [2.75, 3.05) is 26.2 Å². The molecule has 0 amide bonds. The second-order valence-corrected chi connectivity index (χ2v) is 5.55. The zero-order chi connectivity index (χ0) is 15.1. The third kappa shape index (κ3) is 2.53. The Morgan fingerprint density at radius 3 is 1.76 bits per heavy atom. The van der Waals surface area contributed by atoms with Crippen molar-refractivity contribution in [2.45, 2.75) is 18.9 Å². The predicted molar refractivity (Wildman–Crippen MR) is 66.1 cm³/mol. The van der Waals surface area contributed by atoms with Gasteiger partial charge in [0.2, 0.25) is 5.82 Å². The maximum Gasteiger partial charge on any atom is 0.200 e. The van der Waals surface area contributed by atoms with Gasteiger partial charge in [-0.15, -0.1) is 0 Å². The van der Waals surface area contributed by atoms with Crippen LogP contribution < -0.4 is 5.32 Å². The van der Waals surface area contributed by atoms with Crippen molar-refractivity contribution in [3.63, 3.8) is 0 Å². The van der Waals surface area contributed by atoms with Crippen LogP contribution in [0.15, 0.2) is 0 Å². The van der Waals surface area contributed by atoms with E-state index in [4.69, 9.17) is 0 Å². The first-order valence-corrected chi connectivity index (χ1v) is 6.98. The molecule has 1 N–H and O–H groups in total. The number of rotatable bonds is 3. The Morgan fingerprint density at radius 2 is 1.29 bits per heavy atom. The molecule has 1 saturated heterocycles. The van der Waals surface area contributed by atoms with E-state index < -0.39 is 40.7 Å². The summed E-state index contributed by atoms with van der Waals surface area (Å²) in [6, 6.07) is -0.739. The highest BCUT2D eigenvalue weighted by Gasteiger charge is 2.42. The summed E-state index contributed by atoms with van der Waals surface area (Å²) in [7, 11) is 0. The molecule has 1 aliphatic heterocycles. The maximum absolute atomic E-state index is 14.0. The summed E-state index contributed by atoms with van der Waals surface area (Å²) in [4.78, 5) is 1.81. The fourth-order valence-electron chi connectivity index (χ4n) is 2.97. The molecule has 0 spiro atoms. The molecule has 1 atom stereocenters. The van der Waals surface area contributed by atoms with Crippen LogP contribution in [0, 0.1) is 35.0 Å². The van der Waals surface area contributed by atoms with Gasteiger partial charge >= 0.3 is 0 Å². The molecule has 7 heteroatoms. The van der Waals surface area contributed by atoms with Gasteiger partial charge in [-0.25, -0.2) is 22.0 Å². The third-order valence-electron chi connectivity index (χ3n) is 4.15. The van der Waals surface area contributed by atoms with E-state index in [1.165, 1.54) is 0 Å². The zero-order valence-corrected chi connectivity index (χ0v) is 11.2. The Labute approximate surface area is 118 Å². The third-order valence-corrected chi connectivity index (χ3v) is 4.15.